The average Bonchev–Trinajstić information content (AvgIpc) is 2.70. The molecule has 0 aliphatic carbocycles. The molecule has 0 spiro atoms. The molecule has 1 N–H and O–H groups in total. The van der Waals surface area contributed by atoms with E-state index >= 15 is 0 Å². The van der Waals surface area contributed by atoms with E-state index in [2.05, 4.69) is 37.4 Å². The highest BCUT2D eigenvalue weighted by atomic mass is 79.9. The van der Waals surface area contributed by atoms with Crippen LogP contribution in [0.3, 0.4) is 0 Å². The number of hydrogen-bond acceptors (Lipinski definition) is 3. The lowest BCUT2D eigenvalue weighted by atomic mass is 10.2. The lowest BCUT2D eigenvalue weighted by Crippen LogP contribution is -2.06. The second kappa shape index (κ2) is 6.29. The number of aliphatic hydroxyl groups is 1. The van der Waals surface area contributed by atoms with Gasteiger partial charge in [-0.15, -0.1) is 0 Å². The van der Waals surface area contributed by atoms with Crippen molar-refractivity contribution in [1.29, 1.82) is 0 Å². The summed E-state index contributed by atoms with van der Waals surface area (Å²) in [6.45, 7) is 3.15. The van der Waals surface area contributed by atoms with Crippen LogP contribution >= 0.6 is 15.9 Å². The topological polar surface area (TPSA) is 50.9 Å². The number of unbranched alkanes of at least 4 members (excludes halogenated alkanes) is 1. The molecule has 0 aliphatic heterocycles. The monoisotopic (exact) mass is 311 g/mol. The molecular weight excluding hydrogens is 294 g/mol. The SMILES string of the molecule is CCCCc1nc2cc(Br)cnc2n1CCCO. The first kappa shape index (κ1) is 13.5. The number of rotatable bonds is 6. The minimum absolute atomic E-state index is 0.198. The summed E-state index contributed by atoms with van der Waals surface area (Å²) < 4.78 is 3.08. The van der Waals surface area contributed by atoms with Crippen LogP contribution < -0.4 is 0 Å². The number of aryl methyl sites for hydroxylation is 2. The Kier molecular flexibility index (Phi) is 4.72. The first-order valence-corrected chi connectivity index (χ1v) is 7.17. The van der Waals surface area contributed by atoms with Gasteiger partial charge >= 0.3 is 0 Å². The van der Waals surface area contributed by atoms with Gasteiger partial charge in [-0.05, 0) is 34.8 Å². The molecule has 0 aliphatic rings. The van der Waals surface area contributed by atoms with Gasteiger partial charge in [0.1, 0.15) is 11.3 Å². The van der Waals surface area contributed by atoms with Crippen molar-refractivity contribution in [2.24, 2.45) is 0 Å². The van der Waals surface area contributed by atoms with Crippen molar-refractivity contribution in [2.75, 3.05) is 6.61 Å². The van der Waals surface area contributed by atoms with Crippen molar-refractivity contribution in [2.45, 2.75) is 39.2 Å². The number of halogens is 1. The van der Waals surface area contributed by atoms with Gasteiger partial charge in [-0.3, -0.25) is 0 Å². The highest BCUT2D eigenvalue weighted by Crippen LogP contribution is 2.19. The predicted octanol–water partition coefficient (Wildman–Crippen LogP) is 2.92. The Morgan fingerprint density at radius 3 is 2.94 bits per heavy atom. The number of nitrogens with zero attached hydrogens (tertiary/aromatic N) is 3. The molecule has 0 bridgehead atoms. The van der Waals surface area contributed by atoms with Crippen LogP contribution in [0.2, 0.25) is 0 Å². The first-order chi connectivity index (χ1) is 8.76. The molecule has 0 saturated heterocycles. The Labute approximate surface area is 115 Å². The summed E-state index contributed by atoms with van der Waals surface area (Å²) in [4.78, 5) is 9.09. The lowest BCUT2D eigenvalue weighted by Gasteiger charge is -2.07. The Hall–Kier alpha value is -0.940. The maximum Gasteiger partial charge on any atom is 0.160 e. The zero-order valence-corrected chi connectivity index (χ0v) is 12.2. The predicted molar refractivity (Wildman–Crippen MR) is 75.5 cm³/mol. The molecule has 0 radical (unpaired) electrons. The number of fused-ring (bicyclic) bond motifs is 1. The zero-order valence-electron chi connectivity index (χ0n) is 10.6. The Bertz CT molecular complexity index is 524. The molecule has 0 atom stereocenters. The third-order valence-corrected chi connectivity index (χ3v) is 3.36. The summed E-state index contributed by atoms with van der Waals surface area (Å²) in [6, 6.07) is 1.99. The molecule has 98 valence electrons. The average molecular weight is 312 g/mol. The van der Waals surface area contributed by atoms with Gasteiger partial charge in [-0.2, -0.15) is 0 Å². The maximum absolute atomic E-state index is 8.99. The van der Waals surface area contributed by atoms with Crippen LogP contribution in [0.15, 0.2) is 16.7 Å². The van der Waals surface area contributed by atoms with Gasteiger partial charge in [-0.1, -0.05) is 13.3 Å². The second-order valence-electron chi connectivity index (χ2n) is 4.36. The summed E-state index contributed by atoms with van der Waals surface area (Å²) in [5, 5.41) is 8.99. The van der Waals surface area contributed by atoms with Crippen LogP contribution in [0.4, 0.5) is 0 Å². The van der Waals surface area contributed by atoms with Crippen molar-refractivity contribution in [1.82, 2.24) is 14.5 Å². The van der Waals surface area contributed by atoms with E-state index in [1.54, 1.807) is 6.20 Å². The number of hydrogen-bond donors (Lipinski definition) is 1. The minimum Gasteiger partial charge on any atom is -0.396 e. The number of imidazole rings is 1. The Morgan fingerprint density at radius 1 is 1.39 bits per heavy atom. The fourth-order valence-corrected chi connectivity index (χ4v) is 2.34. The molecule has 2 aromatic heterocycles. The van der Waals surface area contributed by atoms with Crippen LogP contribution in [0.1, 0.15) is 32.0 Å². The standard InChI is InChI=1S/C13H18BrN3O/c1-2-3-5-12-16-11-8-10(14)9-15-13(11)17(12)6-4-7-18/h8-9,18H,2-7H2,1H3. The molecule has 0 saturated carbocycles. The van der Waals surface area contributed by atoms with E-state index in [0.717, 1.165) is 53.7 Å². The third kappa shape index (κ3) is 2.90. The number of aromatic nitrogens is 3. The molecular formula is C13H18BrN3O. The Morgan fingerprint density at radius 2 is 2.22 bits per heavy atom. The van der Waals surface area contributed by atoms with Crippen molar-refractivity contribution >= 4 is 27.1 Å². The largest absolute Gasteiger partial charge is 0.396 e. The molecule has 2 heterocycles. The molecule has 0 fully saturated rings. The highest BCUT2D eigenvalue weighted by Gasteiger charge is 2.11. The Balaban J connectivity index is 2.39. The van der Waals surface area contributed by atoms with E-state index in [9.17, 15) is 0 Å². The van der Waals surface area contributed by atoms with Crippen LogP contribution in [0.25, 0.3) is 11.2 Å². The summed E-state index contributed by atoms with van der Waals surface area (Å²) in [5.74, 6) is 1.07. The fourth-order valence-electron chi connectivity index (χ4n) is 2.02. The van der Waals surface area contributed by atoms with Gasteiger partial charge in [0.2, 0.25) is 0 Å². The second-order valence-corrected chi connectivity index (χ2v) is 5.27. The smallest absolute Gasteiger partial charge is 0.160 e. The van der Waals surface area contributed by atoms with Crippen molar-refractivity contribution < 1.29 is 5.11 Å². The molecule has 4 nitrogen and oxygen atoms in total. The van der Waals surface area contributed by atoms with E-state index in [-0.39, 0.29) is 6.61 Å². The van der Waals surface area contributed by atoms with E-state index in [1.807, 2.05) is 6.07 Å². The first-order valence-electron chi connectivity index (χ1n) is 6.37. The van der Waals surface area contributed by atoms with Crippen LogP contribution in [-0.2, 0) is 13.0 Å². The summed E-state index contributed by atoms with van der Waals surface area (Å²) in [7, 11) is 0. The van der Waals surface area contributed by atoms with Crippen LogP contribution in [0, 0.1) is 0 Å². The van der Waals surface area contributed by atoms with Gasteiger partial charge in [0.15, 0.2) is 5.65 Å². The lowest BCUT2D eigenvalue weighted by molar-refractivity contribution is 0.279. The molecule has 2 rings (SSSR count). The van der Waals surface area contributed by atoms with E-state index in [0.29, 0.717) is 0 Å². The highest BCUT2D eigenvalue weighted by molar-refractivity contribution is 9.10. The zero-order chi connectivity index (χ0) is 13.0. The summed E-state index contributed by atoms with van der Waals surface area (Å²) >= 11 is 3.42. The molecule has 0 aromatic carbocycles. The third-order valence-electron chi connectivity index (χ3n) is 2.92. The molecule has 0 amide bonds. The van der Waals surface area contributed by atoms with E-state index in [4.69, 9.17) is 5.11 Å². The quantitative estimate of drug-likeness (QED) is 0.892. The van der Waals surface area contributed by atoms with Crippen molar-refractivity contribution in [3.8, 4) is 0 Å². The van der Waals surface area contributed by atoms with E-state index in [1.165, 1.54) is 0 Å². The number of pyridine rings is 1. The summed E-state index contributed by atoms with van der Waals surface area (Å²) in [6.07, 6.45) is 5.78. The fraction of sp³-hybridized carbons (Fsp3) is 0.538. The van der Waals surface area contributed by atoms with Crippen LogP contribution in [-0.4, -0.2) is 26.2 Å². The summed E-state index contributed by atoms with van der Waals surface area (Å²) in [5.41, 5.74) is 1.84. The van der Waals surface area contributed by atoms with Gasteiger partial charge in [0.05, 0.1) is 0 Å². The molecule has 2 aromatic rings. The van der Waals surface area contributed by atoms with Crippen molar-refractivity contribution in [3.05, 3.63) is 22.6 Å². The normalized spacial score (nSPS) is 11.3. The maximum atomic E-state index is 8.99. The molecule has 5 heteroatoms. The van der Waals surface area contributed by atoms with Gasteiger partial charge in [0, 0.05) is 30.2 Å². The van der Waals surface area contributed by atoms with Gasteiger partial charge in [-0.25, -0.2) is 9.97 Å². The van der Waals surface area contributed by atoms with Crippen molar-refractivity contribution in [3.63, 3.8) is 0 Å². The minimum atomic E-state index is 0.198. The van der Waals surface area contributed by atoms with Gasteiger partial charge in [0.25, 0.3) is 0 Å². The molecule has 0 unspecified atom stereocenters. The number of aliphatic hydroxyl groups excluding tert-OH is 1. The molecule has 18 heavy (non-hydrogen) atoms. The van der Waals surface area contributed by atoms with Crippen LogP contribution in [0.5, 0.6) is 0 Å². The van der Waals surface area contributed by atoms with E-state index < -0.39 is 0 Å². The van der Waals surface area contributed by atoms with Gasteiger partial charge < -0.3 is 9.67 Å².